The maximum atomic E-state index is 13.3. The molecule has 1 atom stereocenters. The molecule has 0 amide bonds. The molecule has 10 nitrogen and oxygen atoms in total. The first kappa shape index (κ1) is 53.9. The Morgan fingerprint density at radius 2 is 1.15 bits per heavy atom. The van der Waals surface area contributed by atoms with Crippen LogP contribution in [0.2, 0.25) is 0 Å². The van der Waals surface area contributed by atoms with Crippen molar-refractivity contribution in [1.29, 1.82) is 0 Å². The number of carbonyl (C=O) groups is 2. The van der Waals surface area contributed by atoms with Gasteiger partial charge in [0.25, 0.3) is 0 Å². The SMILES string of the molecule is C=N/C(=C\C=C(/C)c1ccc(OCCCC(C)CCCCCCCCOc2ccc(-c3ccc(-c4cc(C(=O)O)c5cc(C(F)(F)F)ccc5n4)nc3)cc2)cc1)c1cc(C(=O)O)c2cc(C(F)(F)F)ccc2n1. The normalized spacial score (nSPS) is 12.8. The number of carboxylic acids is 2. The van der Waals surface area contributed by atoms with Crippen molar-refractivity contribution in [3.63, 3.8) is 0 Å². The van der Waals surface area contributed by atoms with Crippen molar-refractivity contribution in [3.05, 3.63) is 161 Å². The van der Waals surface area contributed by atoms with Gasteiger partial charge in [-0.3, -0.25) is 9.98 Å². The van der Waals surface area contributed by atoms with Crippen LogP contribution < -0.4 is 9.47 Å². The highest BCUT2D eigenvalue weighted by Gasteiger charge is 2.32. The van der Waals surface area contributed by atoms with Crippen molar-refractivity contribution in [2.75, 3.05) is 13.2 Å². The third-order valence-electron chi connectivity index (χ3n) is 12.7. The average Bonchev–Trinajstić information content (AvgIpc) is 3.38. The second-order valence-corrected chi connectivity index (χ2v) is 18.1. The van der Waals surface area contributed by atoms with Crippen molar-refractivity contribution in [1.82, 2.24) is 15.0 Å². The third-order valence-corrected chi connectivity index (χ3v) is 12.7. The molecule has 0 fully saturated rings. The van der Waals surface area contributed by atoms with Gasteiger partial charge in [0.15, 0.2) is 0 Å². The molecule has 74 heavy (non-hydrogen) atoms. The van der Waals surface area contributed by atoms with Crippen molar-refractivity contribution in [2.24, 2.45) is 10.9 Å². The fourth-order valence-electron chi connectivity index (χ4n) is 8.47. The summed E-state index contributed by atoms with van der Waals surface area (Å²) in [5.41, 5.74) is 2.24. The molecular formula is C58H54F6N4O6. The predicted octanol–water partition coefficient (Wildman–Crippen LogP) is 15.7. The van der Waals surface area contributed by atoms with E-state index in [9.17, 15) is 46.1 Å². The minimum atomic E-state index is -4.63. The monoisotopic (exact) mass is 1020 g/mol. The van der Waals surface area contributed by atoms with Crippen molar-refractivity contribution < 1.29 is 55.6 Å². The van der Waals surface area contributed by atoms with E-state index in [-0.39, 0.29) is 50.0 Å². The molecule has 384 valence electrons. The van der Waals surface area contributed by atoms with E-state index in [0.717, 1.165) is 96.2 Å². The topological polar surface area (TPSA) is 144 Å². The van der Waals surface area contributed by atoms with Crippen LogP contribution in [-0.4, -0.2) is 57.0 Å². The Bertz CT molecular complexity index is 3170. The number of allylic oxidation sites excluding steroid dienone is 3. The van der Waals surface area contributed by atoms with Crippen LogP contribution in [0.4, 0.5) is 26.3 Å². The Labute approximate surface area is 424 Å². The number of carboxylic acid groups (broad SMARTS) is 2. The Morgan fingerprint density at radius 3 is 1.72 bits per heavy atom. The van der Waals surface area contributed by atoms with Gasteiger partial charge in [0.1, 0.15) is 11.5 Å². The molecule has 0 aliphatic rings. The predicted molar refractivity (Wildman–Crippen MR) is 275 cm³/mol. The van der Waals surface area contributed by atoms with E-state index in [0.29, 0.717) is 24.8 Å². The molecule has 0 saturated heterocycles. The summed E-state index contributed by atoms with van der Waals surface area (Å²) in [4.78, 5) is 41.3. The first-order valence-corrected chi connectivity index (χ1v) is 24.2. The number of aliphatic imine (C=N–C) groups is 1. The average molecular weight is 1020 g/mol. The van der Waals surface area contributed by atoms with Gasteiger partial charge in [-0.05, 0) is 140 Å². The van der Waals surface area contributed by atoms with Crippen LogP contribution in [0.25, 0.3) is 55.6 Å². The van der Waals surface area contributed by atoms with Gasteiger partial charge < -0.3 is 19.7 Å². The van der Waals surface area contributed by atoms with E-state index in [2.05, 4.69) is 33.6 Å². The molecule has 4 aromatic carbocycles. The van der Waals surface area contributed by atoms with E-state index < -0.39 is 35.4 Å². The molecule has 7 aromatic rings. The number of aromatic carboxylic acids is 2. The van der Waals surface area contributed by atoms with Crippen LogP contribution in [0.15, 0.2) is 133 Å². The second-order valence-electron chi connectivity index (χ2n) is 18.1. The zero-order chi connectivity index (χ0) is 53.0. The van der Waals surface area contributed by atoms with Gasteiger partial charge in [-0.25, -0.2) is 19.6 Å². The van der Waals surface area contributed by atoms with Gasteiger partial charge in [-0.15, -0.1) is 0 Å². The van der Waals surface area contributed by atoms with E-state index in [1.165, 1.54) is 43.9 Å². The molecule has 0 radical (unpaired) electrons. The number of nitrogens with zero attached hydrogens (tertiary/aromatic N) is 4. The molecule has 1 unspecified atom stereocenters. The van der Waals surface area contributed by atoms with Crippen LogP contribution in [0.5, 0.6) is 11.5 Å². The van der Waals surface area contributed by atoms with Crippen LogP contribution in [0.3, 0.4) is 0 Å². The summed E-state index contributed by atoms with van der Waals surface area (Å²) < 4.78 is 91.8. The van der Waals surface area contributed by atoms with Crippen LogP contribution in [-0.2, 0) is 12.4 Å². The summed E-state index contributed by atoms with van der Waals surface area (Å²) in [7, 11) is 0. The van der Waals surface area contributed by atoms with Crippen LogP contribution in [0.1, 0.15) is 115 Å². The highest BCUT2D eigenvalue weighted by Crippen LogP contribution is 2.35. The first-order chi connectivity index (χ1) is 35.4. The number of alkyl halides is 6. The molecule has 2 N–H and O–H groups in total. The smallest absolute Gasteiger partial charge is 0.416 e. The Hall–Kier alpha value is -7.88. The summed E-state index contributed by atoms with van der Waals surface area (Å²) in [6.45, 7) is 9.00. The number of halogens is 6. The Kier molecular flexibility index (Phi) is 17.7. The lowest BCUT2D eigenvalue weighted by molar-refractivity contribution is -0.138. The van der Waals surface area contributed by atoms with Crippen molar-refractivity contribution in [2.45, 2.75) is 84.0 Å². The van der Waals surface area contributed by atoms with Crippen molar-refractivity contribution >= 4 is 51.7 Å². The molecule has 16 heteroatoms. The van der Waals surface area contributed by atoms with Gasteiger partial charge in [0.2, 0.25) is 0 Å². The molecule has 0 saturated carbocycles. The maximum absolute atomic E-state index is 13.3. The standard InChI is InChI=1S/C58H54F6N4O6/c1-36(12-10-30-74-43-21-14-38(15-22-43)37(2)13-25-51(65-3)53-33-47(55(69)70)45-31-41(57(59,60)61)19-27-49(45)67-53)11-8-6-4-5-7-9-29-73-44-23-16-39(17-24-44)40-18-26-52(66-35-40)54-34-48(56(71)72)46-32-42(58(62,63)64)20-28-50(46)68-54/h13-28,31-36H,3-12,29-30H2,1-2H3,(H,69,70)(H,71,72)/b37-13+,51-25-. The lowest BCUT2D eigenvalue weighted by Gasteiger charge is -2.12. The van der Waals surface area contributed by atoms with Gasteiger partial charge in [-0.2, -0.15) is 26.3 Å². The molecule has 3 aromatic heterocycles. The number of unbranched alkanes of at least 4 members (excludes halogenated alkanes) is 5. The number of hydrogen-bond donors (Lipinski definition) is 2. The van der Waals surface area contributed by atoms with Gasteiger partial charge in [0, 0.05) is 22.5 Å². The quantitative estimate of drug-likeness (QED) is 0.0277. The molecule has 0 aliphatic carbocycles. The third kappa shape index (κ3) is 14.2. The van der Waals surface area contributed by atoms with Crippen LogP contribution >= 0.6 is 0 Å². The molecule has 0 spiro atoms. The number of aromatic nitrogens is 3. The highest BCUT2D eigenvalue weighted by molar-refractivity contribution is 6.04. The van der Waals surface area contributed by atoms with Gasteiger partial charge >= 0.3 is 24.3 Å². The number of ether oxygens (including phenoxy) is 2. The summed E-state index contributed by atoms with van der Waals surface area (Å²) in [6, 6.07) is 27.0. The van der Waals surface area contributed by atoms with E-state index in [4.69, 9.17) is 9.47 Å². The number of fused-ring (bicyclic) bond motifs is 2. The summed E-state index contributed by atoms with van der Waals surface area (Å²) in [6.07, 6.45) is 5.74. The second kappa shape index (κ2) is 24.2. The van der Waals surface area contributed by atoms with Crippen LogP contribution in [0, 0.1) is 5.92 Å². The minimum Gasteiger partial charge on any atom is -0.494 e. The van der Waals surface area contributed by atoms with E-state index >= 15 is 0 Å². The van der Waals surface area contributed by atoms with Gasteiger partial charge in [0.05, 0.1) is 69.3 Å². The highest BCUT2D eigenvalue weighted by atomic mass is 19.4. The lowest BCUT2D eigenvalue weighted by Crippen LogP contribution is -2.07. The number of pyridine rings is 3. The Morgan fingerprint density at radius 1 is 0.622 bits per heavy atom. The lowest BCUT2D eigenvalue weighted by atomic mass is 9.98. The van der Waals surface area contributed by atoms with E-state index in [1.807, 2.05) is 61.5 Å². The van der Waals surface area contributed by atoms with Gasteiger partial charge in [-0.1, -0.05) is 81.9 Å². The zero-order valence-corrected chi connectivity index (χ0v) is 40.8. The maximum Gasteiger partial charge on any atom is 0.416 e. The minimum absolute atomic E-state index is 0.0907. The number of rotatable bonds is 23. The Balaban J connectivity index is 0.759. The summed E-state index contributed by atoms with van der Waals surface area (Å²) in [5.74, 6) is -0.633. The van der Waals surface area contributed by atoms with Crippen molar-refractivity contribution in [3.8, 4) is 34.0 Å². The first-order valence-electron chi connectivity index (χ1n) is 24.2. The summed E-state index contributed by atoms with van der Waals surface area (Å²) in [5, 5.41) is 19.3. The molecular weight excluding hydrogens is 963 g/mol. The summed E-state index contributed by atoms with van der Waals surface area (Å²) >= 11 is 0. The fourth-order valence-corrected chi connectivity index (χ4v) is 8.47. The zero-order valence-electron chi connectivity index (χ0n) is 40.8. The number of hydrogen-bond acceptors (Lipinski definition) is 8. The molecule has 0 aliphatic heterocycles. The molecule has 3 heterocycles. The van der Waals surface area contributed by atoms with E-state index in [1.54, 1.807) is 24.4 Å². The fraction of sp³-hybridized carbons (Fsp3) is 0.276. The molecule has 0 bridgehead atoms. The number of benzene rings is 4. The molecule has 7 rings (SSSR count). The largest absolute Gasteiger partial charge is 0.494 e.